The van der Waals surface area contributed by atoms with E-state index in [2.05, 4.69) is 4.98 Å². The summed E-state index contributed by atoms with van der Waals surface area (Å²) in [5.41, 5.74) is 1.26. The van der Waals surface area contributed by atoms with Crippen LogP contribution in [0, 0.1) is 0 Å². The zero-order valence-electron chi connectivity index (χ0n) is 9.50. The molecule has 2 aromatic rings. The molecule has 17 heavy (non-hydrogen) atoms. The molecule has 1 fully saturated rings. The van der Waals surface area contributed by atoms with Gasteiger partial charge in [0.25, 0.3) is 0 Å². The first-order valence-electron chi connectivity index (χ1n) is 5.97. The van der Waals surface area contributed by atoms with Crippen LogP contribution in [0.15, 0.2) is 24.4 Å². The van der Waals surface area contributed by atoms with Gasteiger partial charge < -0.3 is 4.74 Å². The van der Waals surface area contributed by atoms with E-state index in [4.69, 9.17) is 4.74 Å². The lowest BCUT2D eigenvalue weighted by atomic mass is 10.3. The Labute approximate surface area is 99.2 Å². The van der Waals surface area contributed by atoms with Gasteiger partial charge in [0.1, 0.15) is 17.4 Å². The van der Waals surface area contributed by atoms with E-state index in [0.29, 0.717) is 11.6 Å². The number of rotatable bonds is 3. The molecule has 2 heterocycles. The van der Waals surface area contributed by atoms with E-state index in [0.717, 1.165) is 24.8 Å². The summed E-state index contributed by atoms with van der Waals surface area (Å²) >= 11 is 0. The molecule has 0 radical (unpaired) electrons. The highest BCUT2D eigenvalue weighted by Crippen LogP contribution is 2.26. The predicted molar refractivity (Wildman–Crippen MR) is 63.5 cm³/mol. The SMILES string of the molecule is O=Cc1c(OC2CCCC2)nc2ccccn12. The predicted octanol–water partition coefficient (Wildman–Crippen LogP) is 2.47. The van der Waals surface area contributed by atoms with Gasteiger partial charge in [0, 0.05) is 6.20 Å². The van der Waals surface area contributed by atoms with E-state index in [1.54, 1.807) is 4.40 Å². The Morgan fingerprint density at radius 3 is 2.94 bits per heavy atom. The van der Waals surface area contributed by atoms with Gasteiger partial charge in [-0.15, -0.1) is 0 Å². The van der Waals surface area contributed by atoms with E-state index in [-0.39, 0.29) is 6.10 Å². The van der Waals surface area contributed by atoms with Crippen LogP contribution < -0.4 is 4.74 Å². The Bertz CT molecular complexity index is 541. The van der Waals surface area contributed by atoms with Crippen molar-refractivity contribution in [2.24, 2.45) is 0 Å². The van der Waals surface area contributed by atoms with Crippen molar-refractivity contribution in [3.8, 4) is 5.88 Å². The number of aldehydes is 1. The highest BCUT2D eigenvalue weighted by molar-refractivity contribution is 5.78. The lowest BCUT2D eigenvalue weighted by Gasteiger charge is -2.10. The molecule has 0 unspecified atom stereocenters. The van der Waals surface area contributed by atoms with Crippen LogP contribution in [0.25, 0.3) is 5.65 Å². The van der Waals surface area contributed by atoms with Crippen LogP contribution >= 0.6 is 0 Å². The number of carbonyl (C=O) groups excluding carboxylic acids is 1. The Hall–Kier alpha value is -1.84. The Balaban J connectivity index is 1.99. The molecule has 0 amide bonds. The van der Waals surface area contributed by atoms with Crippen LogP contribution in [0.2, 0.25) is 0 Å². The fourth-order valence-corrected chi connectivity index (χ4v) is 2.35. The quantitative estimate of drug-likeness (QED) is 0.761. The van der Waals surface area contributed by atoms with Crippen molar-refractivity contribution in [2.75, 3.05) is 0 Å². The molecule has 4 nitrogen and oxygen atoms in total. The van der Waals surface area contributed by atoms with Crippen molar-refractivity contribution in [1.82, 2.24) is 9.38 Å². The molecule has 0 N–H and O–H groups in total. The fraction of sp³-hybridized carbons (Fsp3) is 0.385. The molecule has 3 rings (SSSR count). The molecular weight excluding hydrogens is 216 g/mol. The van der Waals surface area contributed by atoms with Gasteiger partial charge in [0.2, 0.25) is 5.88 Å². The van der Waals surface area contributed by atoms with Crippen LogP contribution in [0.4, 0.5) is 0 Å². The van der Waals surface area contributed by atoms with Crippen molar-refractivity contribution >= 4 is 11.9 Å². The number of carbonyl (C=O) groups is 1. The van der Waals surface area contributed by atoms with Gasteiger partial charge in [0.05, 0.1) is 0 Å². The Morgan fingerprint density at radius 2 is 2.18 bits per heavy atom. The number of fused-ring (bicyclic) bond motifs is 1. The molecule has 4 heteroatoms. The molecule has 2 aromatic heterocycles. The lowest BCUT2D eigenvalue weighted by Crippen LogP contribution is -2.12. The van der Waals surface area contributed by atoms with E-state index < -0.39 is 0 Å². The second-order valence-corrected chi connectivity index (χ2v) is 4.37. The normalized spacial score (nSPS) is 16.5. The Morgan fingerprint density at radius 1 is 1.35 bits per heavy atom. The van der Waals surface area contributed by atoms with Crippen LogP contribution in [-0.4, -0.2) is 21.8 Å². The van der Waals surface area contributed by atoms with Gasteiger partial charge in [-0.3, -0.25) is 9.20 Å². The second kappa shape index (κ2) is 4.20. The first-order valence-corrected chi connectivity index (χ1v) is 5.97. The third-order valence-corrected chi connectivity index (χ3v) is 3.23. The first-order chi connectivity index (χ1) is 8.38. The van der Waals surface area contributed by atoms with E-state index in [9.17, 15) is 4.79 Å². The van der Waals surface area contributed by atoms with Gasteiger partial charge in [-0.1, -0.05) is 6.07 Å². The molecule has 0 aliphatic heterocycles. The zero-order valence-corrected chi connectivity index (χ0v) is 9.50. The fourth-order valence-electron chi connectivity index (χ4n) is 2.35. The molecule has 0 saturated heterocycles. The first kappa shape index (κ1) is 10.3. The van der Waals surface area contributed by atoms with E-state index >= 15 is 0 Å². The minimum Gasteiger partial charge on any atom is -0.473 e. The lowest BCUT2D eigenvalue weighted by molar-refractivity contribution is 0.111. The minimum atomic E-state index is 0.221. The summed E-state index contributed by atoms with van der Waals surface area (Å²) in [6.07, 6.45) is 7.39. The summed E-state index contributed by atoms with van der Waals surface area (Å²) in [5.74, 6) is 0.470. The molecule has 0 aromatic carbocycles. The van der Waals surface area contributed by atoms with Crippen LogP contribution in [0.3, 0.4) is 0 Å². The number of hydrogen-bond acceptors (Lipinski definition) is 3. The van der Waals surface area contributed by atoms with Gasteiger partial charge >= 0.3 is 0 Å². The summed E-state index contributed by atoms with van der Waals surface area (Å²) in [6, 6.07) is 5.64. The molecule has 1 aliphatic carbocycles. The summed E-state index contributed by atoms with van der Waals surface area (Å²) < 4.78 is 7.58. The standard InChI is InChI=1S/C13H14N2O2/c16-9-11-13(17-10-5-1-2-6-10)14-12-7-3-4-8-15(11)12/h3-4,7-10H,1-2,5-6H2. The molecule has 88 valence electrons. The molecule has 0 spiro atoms. The summed E-state index contributed by atoms with van der Waals surface area (Å²) in [6.45, 7) is 0. The van der Waals surface area contributed by atoms with Crippen molar-refractivity contribution in [3.63, 3.8) is 0 Å². The van der Waals surface area contributed by atoms with Gasteiger partial charge in [-0.25, -0.2) is 0 Å². The average Bonchev–Trinajstić information content (AvgIpc) is 2.96. The number of ether oxygens (including phenoxy) is 1. The van der Waals surface area contributed by atoms with Crippen molar-refractivity contribution in [2.45, 2.75) is 31.8 Å². The highest BCUT2D eigenvalue weighted by atomic mass is 16.5. The van der Waals surface area contributed by atoms with E-state index in [1.165, 1.54) is 12.8 Å². The number of nitrogens with zero attached hydrogens (tertiary/aromatic N) is 2. The third-order valence-electron chi connectivity index (χ3n) is 3.23. The minimum absolute atomic E-state index is 0.221. The maximum absolute atomic E-state index is 11.1. The molecule has 0 bridgehead atoms. The monoisotopic (exact) mass is 230 g/mol. The Kier molecular flexibility index (Phi) is 2.55. The number of pyridine rings is 1. The van der Waals surface area contributed by atoms with E-state index in [1.807, 2.05) is 24.4 Å². The molecule has 0 atom stereocenters. The highest BCUT2D eigenvalue weighted by Gasteiger charge is 2.20. The summed E-state index contributed by atoms with van der Waals surface area (Å²) in [5, 5.41) is 0. The topological polar surface area (TPSA) is 43.6 Å². The van der Waals surface area contributed by atoms with Crippen LogP contribution in [-0.2, 0) is 0 Å². The zero-order chi connectivity index (χ0) is 11.7. The van der Waals surface area contributed by atoms with Crippen LogP contribution in [0.1, 0.15) is 36.2 Å². The maximum atomic E-state index is 11.1. The van der Waals surface area contributed by atoms with Gasteiger partial charge in [-0.05, 0) is 37.8 Å². The van der Waals surface area contributed by atoms with Crippen molar-refractivity contribution < 1.29 is 9.53 Å². The third kappa shape index (κ3) is 1.79. The molecular formula is C13H14N2O2. The second-order valence-electron chi connectivity index (χ2n) is 4.37. The molecule has 1 saturated carbocycles. The summed E-state index contributed by atoms with van der Waals surface area (Å²) in [4.78, 5) is 15.5. The average molecular weight is 230 g/mol. The number of imidazole rings is 1. The van der Waals surface area contributed by atoms with Crippen LogP contribution in [0.5, 0.6) is 5.88 Å². The number of aromatic nitrogens is 2. The largest absolute Gasteiger partial charge is 0.473 e. The summed E-state index contributed by atoms with van der Waals surface area (Å²) in [7, 11) is 0. The van der Waals surface area contributed by atoms with Crippen molar-refractivity contribution in [1.29, 1.82) is 0 Å². The van der Waals surface area contributed by atoms with Gasteiger partial charge in [-0.2, -0.15) is 4.98 Å². The number of hydrogen-bond donors (Lipinski definition) is 0. The van der Waals surface area contributed by atoms with Crippen molar-refractivity contribution in [3.05, 3.63) is 30.1 Å². The van der Waals surface area contributed by atoms with Gasteiger partial charge in [0.15, 0.2) is 6.29 Å². The maximum Gasteiger partial charge on any atom is 0.244 e. The smallest absolute Gasteiger partial charge is 0.244 e. The molecule has 1 aliphatic rings.